The number of rotatable bonds is 6. The Labute approximate surface area is 192 Å². The molecule has 0 bridgehead atoms. The van der Waals surface area contributed by atoms with Crippen LogP contribution in [0.1, 0.15) is 17.4 Å². The number of benzene rings is 2. The van der Waals surface area contributed by atoms with Crippen LogP contribution in [0, 0.1) is 5.82 Å². The Morgan fingerprint density at radius 1 is 0.912 bits per heavy atom. The summed E-state index contributed by atoms with van der Waals surface area (Å²) in [7, 11) is 0. The lowest BCUT2D eigenvalue weighted by molar-refractivity contribution is -0.114. The zero-order valence-electron chi connectivity index (χ0n) is 17.9. The van der Waals surface area contributed by atoms with Gasteiger partial charge in [0.1, 0.15) is 23.1 Å². The van der Waals surface area contributed by atoms with Gasteiger partial charge < -0.3 is 15.4 Å². The van der Waals surface area contributed by atoms with E-state index in [1.54, 1.807) is 36.4 Å². The molecule has 2 amide bonds. The molecule has 0 spiro atoms. The van der Waals surface area contributed by atoms with Gasteiger partial charge in [0.2, 0.25) is 5.91 Å². The first-order valence-corrected chi connectivity index (χ1v) is 10.1. The van der Waals surface area contributed by atoms with Crippen molar-refractivity contribution < 1.29 is 18.7 Å². The monoisotopic (exact) mass is 459 g/mol. The summed E-state index contributed by atoms with van der Waals surface area (Å²) in [6.07, 6.45) is 4.22. The van der Waals surface area contributed by atoms with Crippen LogP contribution in [0.5, 0.6) is 11.5 Å². The van der Waals surface area contributed by atoms with Gasteiger partial charge in [0.05, 0.1) is 0 Å². The third-order valence-electron chi connectivity index (χ3n) is 4.54. The van der Waals surface area contributed by atoms with E-state index in [4.69, 9.17) is 4.74 Å². The zero-order valence-corrected chi connectivity index (χ0v) is 17.9. The number of halogens is 1. The number of aromatic nitrogens is 3. The topological polar surface area (TPSA) is 115 Å². The number of hydrogen-bond acceptors (Lipinski definition) is 6. The first-order valence-electron chi connectivity index (χ1n) is 10.1. The highest BCUT2D eigenvalue weighted by atomic mass is 19.1. The van der Waals surface area contributed by atoms with Gasteiger partial charge in [-0.25, -0.2) is 14.4 Å². The van der Waals surface area contributed by atoms with Crippen LogP contribution in [-0.4, -0.2) is 26.3 Å². The standard InChI is InChI=1S/C24H18FN5O4/c1-15(31)28-21-14-20(10-11-26-21)34-19-8-4-17(5-9-19)29-23(32)22-24(33)30(13-12-27-22)18-6-2-16(25)3-7-18/h2-14H,1H3,(H,29,32)(H,26,28,31). The van der Waals surface area contributed by atoms with Crippen molar-refractivity contribution >= 4 is 23.3 Å². The highest BCUT2D eigenvalue weighted by molar-refractivity contribution is 6.02. The molecule has 0 fully saturated rings. The molecule has 4 rings (SSSR count). The Bertz CT molecular complexity index is 1400. The van der Waals surface area contributed by atoms with Crippen molar-refractivity contribution in [1.82, 2.24) is 14.5 Å². The van der Waals surface area contributed by atoms with Crippen molar-refractivity contribution in [2.24, 2.45) is 0 Å². The van der Waals surface area contributed by atoms with Crippen molar-refractivity contribution in [3.05, 3.63) is 101 Å². The van der Waals surface area contributed by atoms with Crippen LogP contribution in [0.4, 0.5) is 15.9 Å². The summed E-state index contributed by atoms with van der Waals surface area (Å²) in [4.78, 5) is 44.5. The second kappa shape index (κ2) is 9.74. The van der Waals surface area contributed by atoms with Gasteiger partial charge in [0.15, 0.2) is 5.69 Å². The van der Waals surface area contributed by atoms with E-state index in [-0.39, 0.29) is 11.6 Å². The fourth-order valence-electron chi connectivity index (χ4n) is 3.03. The van der Waals surface area contributed by atoms with Gasteiger partial charge >= 0.3 is 0 Å². The van der Waals surface area contributed by atoms with Crippen LogP contribution in [-0.2, 0) is 4.79 Å². The van der Waals surface area contributed by atoms with E-state index in [1.807, 2.05) is 0 Å². The summed E-state index contributed by atoms with van der Waals surface area (Å²) < 4.78 is 20.1. The SMILES string of the molecule is CC(=O)Nc1cc(Oc2ccc(NC(=O)c3nccn(-c4ccc(F)cc4)c3=O)cc2)ccn1. The van der Waals surface area contributed by atoms with Crippen molar-refractivity contribution in [3.8, 4) is 17.2 Å². The molecule has 0 radical (unpaired) electrons. The molecule has 9 nitrogen and oxygen atoms in total. The molecule has 34 heavy (non-hydrogen) atoms. The zero-order chi connectivity index (χ0) is 24.1. The Kier molecular flexibility index (Phi) is 6.40. The molecule has 0 saturated heterocycles. The third-order valence-corrected chi connectivity index (χ3v) is 4.54. The number of pyridine rings is 1. The lowest BCUT2D eigenvalue weighted by Gasteiger charge is -2.10. The number of amides is 2. The van der Waals surface area contributed by atoms with Crippen molar-refractivity contribution in [1.29, 1.82) is 0 Å². The smallest absolute Gasteiger partial charge is 0.286 e. The minimum Gasteiger partial charge on any atom is -0.457 e. The fraction of sp³-hybridized carbons (Fsp3) is 0.0417. The highest BCUT2D eigenvalue weighted by Crippen LogP contribution is 2.24. The Morgan fingerprint density at radius 2 is 1.65 bits per heavy atom. The number of anilines is 2. The predicted octanol–water partition coefficient (Wildman–Crippen LogP) is 3.77. The van der Waals surface area contributed by atoms with Crippen LogP contribution in [0.25, 0.3) is 5.69 Å². The average Bonchev–Trinajstić information content (AvgIpc) is 2.81. The van der Waals surface area contributed by atoms with Crippen LogP contribution < -0.4 is 20.9 Å². The number of hydrogen-bond donors (Lipinski definition) is 2. The number of nitrogens with zero attached hydrogens (tertiary/aromatic N) is 3. The maximum Gasteiger partial charge on any atom is 0.286 e. The molecule has 0 aliphatic rings. The first kappa shape index (κ1) is 22.3. The van der Waals surface area contributed by atoms with Gasteiger partial charge in [-0.1, -0.05) is 0 Å². The van der Waals surface area contributed by atoms with E-state index < -0.39 is 17.3 Å². The molecule has 0 unspecified atom stereocenters. The molecular formula is C24H18FN5O4. The van der Waals surface area contributed by atoms with E-state index in [0.717, 1.165) is 0 Å². The van der Waals surface area contributed by atoms with Gasteiger partial charge in [0.25, 0.3) is 11.5 Å². The average molecular weight is 459 g/mol. The van der Waals surface area contributed by atoms with Gasteiger partial charge in [0, 0.05) is 43.0 Å². The normalized spacial score (nSPS) is 10.4. The summed E-state index contributed by atoms with van der Waals surface area (Å²) in [5, 5.41) is 5.19. The third kappa shape index (κ3) is 5.30. The van der Waals surface area contributed by atoms with Crippen molar-refractivity contribution in [3.63, 3.8) is 0 Å². The second-order valence-electron chi connectivity index (χ2n) is 7.07. The first-order chi connectivity index (χ1) is 16.4. The van der Waals surface area contributed by atoms with Gasteiger partial charge in [-0.3, -0.25) is 19.0 Å². The summed E-state index contributed by atoms with van der Waals surface area (Å²) in [5.74, 6) is -0.0741. The van der Waals surface area contributed by atoms with E-state index in [0.29, 0.717) is 28.7 Å². The summed E-state index contributed by atoms with van der Waals surface area (Å²) in [6.45, 7) is 1.38. The lowest BCUT2D eigenvalue weighted by atomic mass is 10.2. The van der Waals surface area contributed by atoms with E-state index in [1.165, 1.54) is 54.3 Å². The van der Waals surface area contributed by atoms with E-state index in [9.17, 15) is 18.8 Å². The van der Waals surface area contributed by atoms with Crippen molar-refractivity contribution in [2.75, 3.05) is 10.6 Å². The van der Waals surface area contributed by atoms with E-state index in [2.05, 4.69) is 20.6 Å². The number of carbonyl (C=O) groups excluding carboxylic acids is 2. The second-order valence-corrected chi connectivity index (χ2v) is 7.07. The summed E-state index contributed by atoms with van der Waals surface area (Å²) in [6, 6.07) is 15.0. The molecular weight excluding hydrogens is 441 g/mol. The molecule has 170 valence electrons. The number of ether oxygens (including phenoxy) is 1. The minimum absolute atomic E-state index is 0.248. The Morgan fingerprint density at radius 3 is 2.35 bits per heavy atom. The summed E-state index contributed by atoms with van der Waals surface area (Å²) >= 11 is 0. The van der Waals surface area contributed by atoms with Crippen LogP contribution >= 0.6 is 0 Å². The molecule has 2 aromatic carbocycles. The number of carbonyl (C=O) groups is 2. The maximum absolute atomic E-state index is 13.2. The van der Waals surface area contributed by atoms with Gasteiger partial charge in [-0.05, 0) is 54.6 Å². The molecule has 0 atom stereocenters. The predicted molar refractivity (Wildman–Crippen MR) is 123 cm³/mol. The van der Waals surface area contributed by atoms with Gasteiger partial charge in [-0.2, -0.15) is 0 Å². The molecule has 0 saturated carbocycles. The lowest BCUT2D eigenvalue weighted by Crippen LogP contribution is -2.29. The fourth-order valence-corrected chi connectivity index (χ4v) is 3.03. The molecule has 0 aliphatic heterocycles. The van der Waals surface area contributed by atoms with Crippen LogP contribution in [0.3, 0.4) is 0 Å². The highest BCUT2D eigenvalue weighted by Gasteiger charge is 2.15. The Hall–Kier alpha value is -4.86. The molecule has 2 aromatic heterocycles. The quantitative estimate of drug-likeness (QED) is 0.454. The van der Waals surface area contributed by atoms with Crippen LogP contribution in [0.2, 0.25) is 0 Å². The van der Waals surface area contributed by atoms with Crippen LogP contribution in [0.15, 0.2) is 84.0 Å². The molecule has 4 aromatic rings. The molecule has 10 heteroatoms. The Balaban J connectivity index is 1.46. The molecule has 0 aliphatic carbocycles. The molecule has 2 heterocycles. The van der Waals surface area contributed by atoms with Gasteiger partial charge in [-0.15, -0.1) is 0 Å². The summed E-state index contributed by atoms with van der Waals surface area (Å²) in [5.41, 5.74) is -0.125. The number of nitrogens with one attached hydrogen (secondary N) is 2. The van der Waals surface area contributed by atoms with E-state index >= 15 is 0 Å². The largest absolute Gasteiger partial charge is 0.457 e. The van der Waals surface area contributed by atoms with Crippen molar-refractivity contribution in [2.45, 2.75) is 6.92 Å². The molecule has 2 N–H and O–H groups in total. The minimum atomic E-state index is -0.691. The maximum atomic E-state index is 13.2.